The largest absolute Gasteiger partial charge is 0.493 e. The number of carbonyl (C=O) groups excluding carboxylic acids is 1. The number of methoxy groups -OCH3 is 1. The predicted molar refractivity (Wildman–Crippen MR) is 75.8 cm³/mol. The summed E-state index contributed by atoms with van der Waals surface area (Å²) in [5.41, 5.74) is 0. The van der Waals surface area contributed by atoms with E-state index < -0.39 is 0 Å². The molecule has 0 radical (unpaired) electrons. The molecule has 0 N–H and O–H groups in total. The van der Waals surface area contributed by atoms with Crippen molar-refractivity contribution < 1.29 is 14.3 Å². The van der Waals surface area contributed by atoms with Gasteiger partial charge in [0.05, 0.1) is 13.7 Å². The Morgan fingerprint density at radius 2 is 1.83 bits per heavy atom. The summed E-state index contributed by atoms with van der Waals surface area (Å²) >= 11 is 3.32. The van der Waals surface area contributed by atoms with E-state index >= 15 is 0 Å². The van der Waals surface area contributed by atoms with Crippen molar-refractivity contribution in [3.63, 3.8) is 0 Å². The van der Waals surface area contributed by atoms with Gasteiger partial charge in [-0.1, -0.05) is 28.1 Å². The number of para-hydroxylation sites is 2. The zero-order valence-electron chi connectivity index (χ0n) is 10.7. The first-order chi connectivity index (χ1) is 8.77. The van der Waals surface area contributed by atoms with Crippen molar-refractivity contribution in [3.8, 4) is 11.5 Å². The van der Waals surface area contributed by atoms with E-state index in [0.29, 0.717) is 25.2 Å². The number of ketones is 1. The summed E-state index contributed by atoms with van der Waals surface area (Å²) in [6.07, 6.45) is 2.90. The molecule has 1 aromatic rings. The van der Waals surface area contributed by atoms with Crippen LogP contribution in [0.2, 0.25) is 0 Å². The number of rotatable bonds is 9. The van der Waals surface area contributed by atoms with Crippen molar-refractivity contribution in [2.75, 3.05) is 19.0 Å². The number of hydrogen-bond donors (Lipinski definition) is 0. The smallest absolute Gasteiger partial charge is 0.161 e. The van der Waals surface area contributed by atoms with E-state index in [-0.39, 0.29) is 0 Å². The second kappa shape index (κ2) is 8.97. The summed E-state index contributed by atoms with van der Waals surface area (Å²) in [4.78, 5) is 11.4. The molecule has 18 heavy (non-hydrogen) atoms. The van der Waals surface area contributed by atoms with E-state index in [0.717, 1.165) is 29.7 Å². The van der Waals surface area contributed by atoms with Crippen molar-refractivity contribution in [2.45, 2.75) is 25.7 Å². The Morgan fingerprint density at radius 3 is 2.50 bits per heavy atom. The van der Waals surface area contributed by atoms with Crippen molar-refractivity contribution in [3.05, 3.63) is 24.3 Å². The van der Waals surface area contributed by atoms with Gasteiger partial charge in [-0.15, -0.1) is 0 Å². The standard InChI is InChI=1S/C14H19BrO3/c1-17-13-8-2-3-9-14(13)18-11-5-7-12(16)6-4-10-15/h2-3,8-9H,4-7,10-11H2,1H3. The Bertz CT molecular complexity index is 366. The molecule has 0 saturated heterocycles. The third-order valence-corrected chi connectivity index (χ3v) is 3.08. The van der Waals surface area contributed by atoms with Gasteiger partial charge >= 0.3 is 0 Å². The number of carbonyl (C=O) groups is 1. The quantitative estimate of drug-likeness (QED) is 0.516. The fraction of sp³-hybridized carbons (Fsp3) is 0.500. The average Bonchev–Trinajstić information content (AvgIpc) is 2.41. The zero-order valence-corrected chi connectivity index (χ0v) is 12.2. The molecular formula is C14H19BrO3. The Kier molecular flexibility index (Phi) is 7.49. The molecule has 0 fully saturated rings. The number of ether oxygens (including phenoxy) is 2. The number of hydrogen-bond acceptors (Lipinski definition) is 3. The lowest BCUT2D eigenvalue weighted by Gasteiger charge is -2.09. The van der Waals surface area contributed by atoms with Gasteiger partial charge < -0.3 is 9.47 Å². The third-order valence-electron chi connectivity index (χ3n) is 2.52. The molecule has 0 aromatic heterocycles. The maximum atomic E-state index is 11.4. The van der Waals surface area contributed by atoms with E-state index in [1.165, 1.54) is 0 Å². The van der Waals surface area contributed by atoms with Crippen LogP contribution in [0.3, 0.4) is 0 Å². The highest BCUT2D eigenvalue weighted by molar-refractivity contribution is 9.09. The molecule has 0 bridgehead atoms. The molecule has 0 aliphatic rings. The van der Waals surface area contributed by atoms with Crippen molar-refractivity contribution in [2.24, 2.45) is 0 Å². The van der Waals surface area contributed by atoms with Gasteiger partial charge in [0.1, 0.15) is 5.78 Å². The minimum absolute atomic E-state index is 0.304. The number of halogens is 1. The van der Waals surface area contributed by atoms with Gasteiger partial charge in [-0.25, -0.2) is 0 Å². The van der Waals surface area contributed by atoms with Gasteiger partial charge in [-0.3, -0.25) is 4.79 Å². The topological polar surface area (TPSA) is 35.5 Å². The SMILES string of the molecule is COc1ccccc1OCCCC(=O)CCCBr. The first-order valence-corrected chi connectivity index (χ1v) is 7.23. The van der Waals surface area contributed by atoms with Crippen molar-refractivity contribution in [1.29, 1.82) is 0 Å². The van der Waals surface area contributed by atoms with Crippen LogP contribution in [0.4, 0.5) is 0 Å². The van der Waals surface area contributed by atoms with Crippen LogP contribution in [0, 0.1) is 0 Å². The van der Waals surface area contributed by atoms with Gasteiger partial charge in [-0.2, -0.15) is 0 Å². The van der Waals surface area contributed by atoms with Crippen molar-refractivity contribution >= 4 is 21.7 Å². The molecular weight excluding hydrogens is 296 g/mol. The summed E-state index contributed by atoms with van der Waals surface area (Å²) in [6.45, 7) is 0.542. The number of benzene rings is 1. The zero-order chi connectivity index (χ0) is 13.2. The van der Waals surface area contributed by atoms with Crippen LogP contribution in [-0.4, -0.2) is 24.8 Å². The number of alkyl halides is 1. The maximum Gasteiger partial charge on any atom is 0.161 e. The molecule has 0 spiro atoms. The maximum absolute atomic E-state index is 11.4. The lowest BCUT2D eigenvalue weighted by molar-refractivity contribution is -0.119. The Morgan fingerprint density at radius 1 is 1.17 bits per heavy atom. The summed E-state index contributed by atoms with van der Waals surface area (Å²) in [5.74, 6) is 1.76. The second-order valence-electron chi connectivity index (χ2n) is 3.93. The van der Waals surface area contributed by atoms with Crippen LogP contribution in [0.25, 0.3) is 0 Å². The van der Waals surface area contributed by atoms with E-state index in [4.69, 9.17) is 9.47 Å². The highest BCUT2D eigenvalue weighted by Crippen LogP contribution is 2.25. The highest BCUT2D eigenvalue weighted by Gasteiger charge is 2.04. The lowest BCUT2D eigenvalue weighted by Crippen LogP contribution is -2.04. The van der Waals surface area contributed by atoms with Gasteiger partial charge in [0, 0.05) is 18.2 Å². The van der Waals surface area contributed by atoms with Gasteiger partial charge in [0.15, 0.2) is 11.5 Å². The van der Waals surface area contributed by atoms with Gasteiger partial charge in [-0.05, 0) is 25.0 Å². The van der Waals surface area contributed by atoms with E-state index in [2.05, 4.69) is 15.9 Å². The first kappa shape index (κ1) is 15.0. The van der Waals surface area contributed by atoms with Crippen molar-refractivity contribution in [1.82, 2.24) is 0 Å². The summed E-state index contributed by atoms with van der Waals surface area (Å²) < 4.78 is 10.8. The van der Waals surface area contributed by atoms with Crippen LogP contribution >= 0.6 is 15.9 Å². The molecule has 0 atom stereocenters. The molecule has 1 rings (SSSR count). The molecule has 0 aliphatic heterocycles. The normalized spacial score (nSPS) is 10.1. The van der Waals surface area contributed by atoms with Crippen LogP contribution in [0.15, 0.2) is 24.3 Å². The van der Waals surface area contributed by atoms with E-state index in [1.807, 2.05) is 24.3 Å². The van der Waals surface area contributed by atoms with E-state index in [9.17, 15) is 4.79 Å². The molecule has 0 amide bonds. The molecule has 1 aromatic carbocycles. The average molecular weight is 315 g/mol. The Hall–Kier alpha value is -1.03. The van der Waals surface area contributed by atoms with Crippen LogP contribution in [0.1, 0.15) is 25.7 Å². The third kappa shape index (κ3) is 5.54. The Balaban J connectivity index is 2.23. The molecule has 0 aliphatic carbocycles. The summed E-state index contributed by atoms with van der Waals surface area (Å²) in [5, 5.41) is 0.885. The van der Waals surface area contributed by atoms with Crippen LogP contribution in [-0.2, 0) is 4.79 Å². The van der Waals surface area contributed by atoms with Gasteiger partial charge in [0.25, 0.3) is 0 Å². The minimum Gasteiger partial charge on any atom is -0.493 e. The molecule has 100 valence electrons. The second-order valence-corrected chi connectivity index (χ2v) is 4.73. The monoisotopic (exact) mass is 314 g/mol. The Labute approximate surface area is 117 Å². The first-order valence-electron chi connectivity index (χ1n) is 6.11. The van der Waals surface area contributed by atoms with E-state index in [1.54, 1.807) is 7.11 Å². The molecule has 0 saturated carbocycles. The fourth-order valence-corrected chi connectivity index (χ4v) is 1.86. The highest BCUT2D eigenvalue weighted by atomic mass is 79.9. The van der Waals surface area contributed by atoms with Crippen LogP contribution < -0.4 is 9.47 Å². The van der Waals surface area contributed by atoms with Crippen LogP contribution in [0.5, 0.6) is 11.5 Å². The lowest BCUT2D eigenvalue weighted by atomic mass is 10.1. The molecule has 0 heterocycles. The molecule has 0 unspecified atom stereocenters. The molecule has 3 nitrogen and oxygen atoms in total. The number of Topliss-reactive ketones (excluding diaryl/α,β-unsaturated/α-hetero) is 1. The summed E-state index contributed by atoms with van der Waals surface area (Å²) in [7, 11) is 1.62. The summed E-state index contributed by atoms with van der Waals surface area (Å²) in [6, 6.07) is 7.52. The predicted octanol–water partition coefficient (Wildman–Crippen LogP) is 3.60. The fourth-order valence-electron chi connectivity index (χ4n) is 1.58. The van der Waals surface area contributed by atoms with Gasteiger partial charge in [0.2, 0.25) is 0 Å². The molecule has 4 heteroatoms. The minimum atomic E-state index is 0.304.